The van der Waals surface area contributed by atoms with Crippen molar-refractivity contribution in [1.82, 2.24) is 15.0 Å². The predicted molar refractivity (Wildman–Crippen MR) is 94.6 cm³/mol. The van der Waals surface area contributed by atoms with Gasteiger partial charge in [0.05, 0.1) is 20.5 Å². The van der Waals surface area contributed by atoms with E-state index in [1.165, 1.54) is 6.26 Å². The fraction of sp³-hybridized carbons (Fsp3) is 0.316. The second kappa shape index (κ2) is 7.14. The van der Waals surface area contributed by atoms with Gasteiger partial charge in [0.2, 0.25) is 11.7 Å². The van der Waals surface area contributed by atoms with Crippen molar-refractivity contribution in [3.05, 3.63) is 48.2 Å². The van der Waals surface area contributed by atoms with Gasteiger partial charge in [-0.1, -0.05) is 5.16 Å². The van der Waals surface area contributed by atoms with Crippen LogP contribution in [0.1, 0.15) is 35.3 Å². The van der Waals surface area contributed by atoms with Crippen LogP contribution in [0, 0.1) is 0 Å². The van der Waals surface area contributed by atoms with Crippen LogP contribution in [0.2, 0.25) is 0 Å². The Bertz CT molecular complexity index is 935. The molecule has 0 radical (unpaired) electrons. The van der Waals surface area contributed by atoms with Crippen LogP contribution < -0.4 is 9.47 Å². The molecule has 1 aliphatic rings. The van der Waals surface area contributed by atoms with E-state index in [0.29, 0.717) is 35.5 Å². The maximum atomic E-state index is 12.6. The lowest BCUT2D eigenvalue weighted by atomic mass is 10.2. The molecule has 1 unspecified atom stereocenters. The molecule has 0 aliphatic carbocycles. The van der Waals surface area contributed by atoms with Gasteiger partial charge in [0.25, 0.3) is 5.91 Å². The van der Waals surface area contributed by atoms with Gasteiger partial charge in [-0.2, -0.15) is 4.98 Å². The maximum absolute atomic E-state index is 12.6. The Hall–Kier alpha value is -3.29. The molecule has 1 saturated heterocycles. The summed E-state index contributed by atoms with van der Waals surface area (Å²) in [6.07, 6.45) is 3.12. The normalized spacial score (nSPS) is 16.5. The Balaban J connectivity index is 1.59. The average Bonchev–Trinajstić information content (AvgIpc) is 3.47. The highest BCUT2D eigenvalue weighted by Gasteiger charge is 2.35. The molecule has 0 bridgehead atoms. The van der Waals surface area contributed by atoms with Crippen molar-refractivity contribution in [2.24, 2.45) is 0 Å². The van der Waals surface area contributed by atoms with Crippen LogP contribution >= 0.6 is 0 Å². The number of carbonyl (C=O) groups is 1. The van der Waals surface area contributed by atoms with Crippen molar-refractivity contribution in [2.45, 2.75) is 18.9 Å². The molecule has 1 fully saturated rings. The highest BCUT2D eigenvalue weighted by Crippen LogP contribution is 2.35. The van der Waals surface area contributed by atoms with Gasteiger partial charge in [-0.3, -0.25) is 4.79 Å². The number of likely N-dealkylation sites (tertiary alicyclic amines) is 1. The molecule has 1 amide bonds. The summed E-state index contributed by atoms with van der Waals surface area (Å²) in [6, 6.07) is 8.49. The molecule has 8 heteroatoms. The van der Waals surface area contributed by atoms with Crippen molar-refractivity contribution >= 4 is 5.91 Å². The van der Waals surface area contributed by atoms with E-state index in [1.54, 1.807) is 43.4 Å². The largest absolute Gasteiger partial charge is 0.493 e. The van der Waals surface area contributed by atoms with Crippen LogP contribution in [0.15, 0.2) is 45.5 Å². The summed E-state index contributed by atoms with van der Waals surface area (Å²) in [6.45, 7) is 0.623. The Morgan fingerprint density at radius 1 is 1.22 bits per heavy atom. The lowest BCUT2D eigenvalue weighted by Gasteiger charge is -2.20. The van der Waals surface area contributed by atoms with E-state index in [2.05, 4.69) is 10.1 Å². The number of nitrogens with zero attached hydrogens (tertiary/aromatic N) is 3. The number of aromatic nitrogens is 2. The topological polar surface area (TPSA) is 90.8 Å². The molecule has 140 valence electrons. The third-order valence-electron chi connectivity index (χ3n) is 4.61. The third-order valence-corrected chi connectivity index (χ3v) is 4.61. The minimum atomic E-state index is -0.260. The summed E-state index contributed by atoms with van der Waals surface area (Å²) in [4.78, 5) is 18.9. The van der Waals surface area contributed by atoms with Crippen molar-refractivity contribution in [1.29, 1.82) is 0 Å². The number of hydrogen-bond donors (Lipinski definition) is 0. The lowest BCUT2D eigenvalue weighted by Crippen LogP contribution is -2.30. The second-order valence-electron chi connectivity index (χ2n) is 6.16. The smallest absolute Gasteiger partial charge is 0.290 e. The molecule has 2 aromatic heterocycles. The summed E-state index contributed by atoms with van der Waals surface area (Å²) in [5.41, 5.74) is 0.740. The van der Waals surface area contributed by atoms with Gasteiger partial charge in [-0.05, 0) is 43.2 Å². The van der Waals surface area contributed by atoms with E-state index < -0.39 is 0 Å². The van der Waals surface area contributed by atoms with E-state index in [4.69, 9.17) is 18.4 Å². The number of furan rings is 1. The first-order valence-corrected chi connectivity index (χ1v) is 8.61. The first-order chi connectivity index (χ1) is 13.2. The molecule has 0 saturated carbocycles. The van der Waals surface area contributed by atoms with Crippen molar-refractivity contribution in [2.75, 3.05) is 20.8 Å². The molecule has 4 rings (SSSR count). The van der Waals surface area contributed by atoms with Gasteiger partial charge in [0.1, 0.15) is 6.04 Å². The Kier molecular flexibility index (Phi) is 4.53. The molecule has 3 aromatic rings. The van der Waals surface area contributed by atoms with Crippen molar-refractivity contribution in [3.8, 4) is 22.9 Å². The van der Waals surface area contributed by atoms with E-state index in [0.717, 1.165) is 18.4 Å². The molecular formula is C19H19N3O5. The molecule has 0 spiro atoms. The van der Waals surface area contributed by atoms with Crippen molar-refractivity contribution in [3.63, 3.8) is 0 Å². The summed E-state index contributed by atoms with van der Waals surface area (Å²) >= 11 is 0. The number of ether oxygens (including phenoxy) is 2. The van der Waals surface area contributed by atoms with Crippen LogP contribution in [0.5, 0.6) is 11.5 Å². The minimum absolute atomic E-state index is 0.173. The van der Waals surface area contributed by atoms with Crippen LogP contribution in [-0.2, 0) is 0 Å². The zero-order chi connectivity index (χ0) is 18.8. The van der Waals surface area contributed by atoms with Crippen LogP contribution in [0.3, 0.4) is 0 Å². The lowest BCUT2D eigenvalue weighted by molar-refractivity contribution is 0.0678. The number of amides is 1. The van der Waals surface area contributed by atoms with E-state index in [9.17, 15) is 4.79 Å². The molecule has 1 atom stereocenters. The van der Waals surface area contributed by atoms with Crippen LogP contribution in [0.4, 0.5) is 0 Å². The molecule has 1 aliphatic heterocycles. The van der Waals surface area contributed by atoms with Crippen molar-refractivity contribution < 1.29 is 23.2 Å². The Morgan fingerprint density at radius 2 is 2.07 bits per heavy atom. The maximum Gasteiger partial charge on any atom is 0.290 e. The van der Waals surface area contributed by atoms with Gasteiger partial charge in [0, 0.05) is 12.1 Å². The van der Waals surface area contributed by atoms with Crippen LogP contribution in [0.25, 0.3) is 11.4 Å². The highest BCUT2D eigenvalue weighted by molar-refractivity contribution is 5.91. The van der Waals surface area contributed by atoms with Gasteiger partial charge in [0.15, 0.2) is 17.3 Å². The highest BCUT2D eigenvalue weighted by atomic mass is 16.5. The molecular weight excluding hydrogens is 350 g/mol. The summed E-state index contributed by atoms with van der Waals surface area (Å²) in [7, 11) is 3.15. The molecule has 1 aromatic carbocycles. The number of benzene rings is 1. The summed E-state index contributed by atoms with van der Waals surface area (Å²) in [5.74, 6) is 2.18. The fourth-order valence-corrected chi connectivity index (χ4v) is 3.27. The predicted octanol–water partition coefficient (Wildman–Crippen LogP) is 3.32. The van der Waals surface area contributed by atoms with E-state index in [1.807, 2.05) is 6.07 Å². The number of carbonyl (C=O) groups excluding carboxylic acids is 1. The standard InChI is InChI=1S/C19H19N3O5/c1-24-14-8-7-12(11-16(14)25-2)17-20-18(27-21-17)13-5-3-9-22(13)19(23)15-6-4-10-26-15/h4,6-8,10-11,13H,3,5,9H2,1-2H3. The van der Waals surface area contributed by atoms with E-state index in [-0.39, 0.29) is 11.9 Å². The fourth-order valence-electron chi connectivity index (χ4n) is 3.27. The second-order valence-corrected chi connectivity index (χ2v) is 6.16. The SMILES string of the molecule is COc1ccc(-c2noc(C3CCCN3C(=O)c3ccco3)n2)cc1OC. The van der Waals surface area contributed by atoms with E-state index >= 15 is 0 Å². The van der Waals surface area contributed by atoms with Gasteiger partial charge in [-0.15, -0.1) is 0 Å². The summed E-state index contributed by atoms with van der Waals surface area (Å²) in [5, 5.41) is 4.07. The first-order valence-electron chi connectivity index (χ1n) is 8.61. The third kappa shape index (κ3) is 3.14. The van der Waals surface area contributed by atoms with Gasteiger partial charge in [-0.25, -0.2) is 0 Å². The Morgan fingerprint density at radius 3 is 2.81 bits per heavy atom. The summed E-state index contributed by atoms with van der Waals surface area (Å²) < 4.78 is 21.3. The van der Waals surface area contributed by atoms with Crippen LogP contribution in [-0.4, -0.2) is 41.7 Å². The first kappa shape index (κ1) is 17.1. The average molecular weight is 369 g/mol. The Labute approximate surface area is 155 Å². The number of methoxy groups -OCH3 is 2. The molecule has 8 nitrogen and oxygen atoms in total. The quantitative estimate of drug-likeness (QED) is 0.681. The molecule has 27 heavy (non-hydrogen) atoms. The van der Waals surface area contributed by atoms with Gasteiger partial charge < -0.3 is 23.3 Å². The zero-order valence-corrected chi connectivity index (χ0v) is 15.0. The van der Waals surface area contributed by atoms with Gasteiger partial charge >= 0.3 is 0 Å². The monoisotopic (exact) mass is 369 g/mol. The minimum Gasteiger partial charge on any atom is -0.493 e. The molecule has 3 heterocycles. The number of hydrogen-bond acceptors (Lipinski definition) is 7. The molecule has 0 N–H and O–H groups in total. The number of rotatable bonds is 5. The zero-order valence-electron chi connectivity index (χ0n) is 15.0.